The van der Waals surface area contributed by atoms with E-state index in [4.69, 9.17) is 4.74 Å². The van der Waals surface area contributed by atoms with E-state index < -0.39 is 35.4 Å². The Morgan fingerprint density at radius 2 is 1.67 bits per heavy atom. The summed E-state index contributed by atoms with van der Waals surface area (Å²) < 4.78 is 24.9. The summed E-state index contributed by atoms with van der Waals surface area (Å²) in [4.78, 5) is 36.3. The van der Waals surface area contributed by atoms with E-state index in [1.807, 2.05) is 0 Å². The second-order valence-corrected chi connectivity index (χ2v) is 6.37. The summed E-state index contributed by atoms with van der Waals surface area (Å²) in [6.07, 6.45) is -1.32. The van der Waals surface area contributed by atoms with E-state index in [-0.39, 0.29) is 13.0 Å². The number of ketones is 1. The minimum atomic E-state index is -3.07. The van der Waals surface area contributed by atoms with Crippen LogP contribution in [0.2, 0.25) is 0 Å². The van der Waals surface area contributed by atoms with Crippen molar-refractivity contribution in [1.82, 2.24) is 0 Å². The van der Waals surface area contributed by atoms with Gasteiger partial charge in [0.05, 0.1) is 13.0 Å². The molecule has 0 aliphatic heterocycles. The summed E-state index contributed by atoms with van der Waals surface area (Å²) in [7, 11) is 0. The number of Topliss-reactive ketones (excluding diaryl/α,β-unsaturated/α-hetero) is 1. The van der Waals surface area contributed by atoms with Crippen LogP contribution in [0.3, 0.4) is 0 Å². The van der Waals surface area contributed by atoms with Gasteiger partial charge in [-0.15, -0.1) is 0 Å². The number of esters is 2. The number of halogens is 1. The lowest BCUT2D eigenvalue weighted by molar-refractivity contribution is -0.176. The van der Waals surface area contributed by atoms with Crippen LogP contribution in [-0.2, 0) is 30.3 Å². The van der Waals surface area contributed by atoms with E-state index in [9.17, 15) is 14.4 Å². The van der Waals surface area contributed by atoms with Crippen LogP contribution in [0.25, 0.3) is 0 Å². The van der Waals surface area contributed by atoms with Gasteiger partial charge >= 0.3 is 11.9 Å². The summed E-state index contributed by atoms with van der Waals surface area (Å²) in [6.45, 7) is 6.24. The molecule has 0 saturated heterocycles. The van der Waals surface area contributed by atoms with Crippen LogP contribution in [0.1, 0.15) is 39.7 Å². The van der Waals surface area contributed by atoms with Gasteiger partial charge in [0.25, 0.3) is 5.67 Å². The standard InChI is InChI=1S/C18H23FO5/c1-5-23-15(21)12-18(19,16(22)24-17(2,3)4)14(20)11-13-9-7-6-8-10-13/h6-10H,5,11-12H2,1-4H3. The fraction of sp³-hybridized carbons (Fsp3) is 0.500. The molecule has 0 aliphatic rings. The lowest BCUT2D eigenvalue weighted by Gasteiger charge is -2.27. The summed E-state index contributed by atoms with van der Waals surface area (Å²) in [5, 5.41) is 0. The number of hydrogen-bond acceptors (Lipinski definition) is 5. The number of carbonyl (C=O) groups is 3. The molecule has 0 bridgehead atoms. The van der Waals surface area contributed by atoms with Crippen LogP contribution in [0.4, 0.5) is 4.39 Å². The molecule has 1 aromatic rings. The second kappa shape index (κ2) is 8.04. The van der Waals surface area contributed by atoms with Crippen molar-refractivity contribution in [3.8, 4) is 0 Å². The van der Waals surface area contributed by atoms with Crippen LogP contribution in [-0.4, -0.2) is 35.6 Å². The minimum absolute atomic E-state index is 0.0239. The summed E-state index contributed by atoms with van der Waals surface area (Å²) in [5.74, 6) is -3.37. The SMILES string of the molecule is CCOC(=O)CC(F)(C(=O)Cc1ccccc1)C(=O)OC(C)(C)C. The van der Waals surface area contributed by atoms with E-state index in [0.29, 0.717) is 5.56 Å². The zero-order chi connectivity index (χ0) is 18.4. The molecule has 0 amide bonds. The first-order chi connectivity index (χ1) is 11.1. The Kier molecular flexibility index (Phi) is 6.63. The van der Waals surface area contributed by atoms with E-state index >= 15 is 4.39 Å². The number of carbonyl (C=O) groups excluding carboxylic acids is 3. The highest BCUT2D eigenvalue weighted by Crippen LogP contribution is 2.26. The van der Waals surface area contributed by atoms with Gasteiger partial charge in [-0.25, -0.2) is 9.18 Å². The fourth-order valence-electron chi connectivity index (χ4n) is 1.98. The molecule has 0 spiro atoms. The van der Waals surface area contributed by atoms with Gasteiger partial charge in [0, 0.05) is 6.42 Å². The Bertz CT molecular complexity index is 591. The molecule has 0 aromatic heterocycles. The predicted molar refractivity (Wildman–Crippen MR) is 86.1 cm³/mol. The van der Waals surface area contributed by atoms with Crippen molar-refractivity contribution in [1.29, 1.82) is 0 Å². The monoisotopic (exact) mass is 338 g/mol. The van der Waals surface area contributed by atoms with Crippen molar-refractivity contribution in [3.63, 3.8) is 0 Å². The molecule has 6 heteroatoms. The van der Waals surface area contributed by atoms with Crippen molar-refractivity contribution >= 4 is 17.7 Å². The Labute approximate surface area is 141 Å². The fourth-order valence-corrected chi connectivity index (χ4v) is 1.98. The lowest BCUT2D eigenvalue weighted by Crippen LogP contribution is -2.48. The van der Waals surface area contributed by atoms with Gasteiger partial charge in [0.1, 0.15) is 5.60 Å². The number of hydrogen-bond donors (Lipinski definition) is 0. The molecule has 0 heterocycles. The Hall–Kier alpha value is -2.24. The number of rotatable bonds is 7. The molecular weight excluding hydrogens is 315 g/mol. The first kappa shape index (κ1) is 19.8. The van der Waals surface area contributed by atoms with Crippen molar-refractivity contribution in [2.24, 2.45) is 0 Å². The predicted octanol–water partition coefficient (Wildman–Crippen LogP) is 2.80. The first-order valence-electron chi connectivity index (χ1n) is 7.73. The maximum Gasteiger partial charge on any atom is 0.352 e. The van der Waals surface area contributed by atoms with Gasteiger partial charge in [0.2, 0.25) is 0 Å². The normalized spacial score (nSPS) is 13.7. The van der Waals surface area contributed by atoms with Crippen molar-refractivity contribution in [2.45, 2.75) is 51.8 Å². The van der Waals surface area contributed by atoms with Gasteiger partial charge in [-0.1, -0.05) is 30.3 Å². The van der Waals surface area contributed by atoms with E-state index in [1.165, 1.54) is 0 Å². The molecule has 1 unspecified atom stereocenters. The van der Waals surface area contributed by atoms with Crippen molar-refractivity contribution < 1.29 is 28.2 Å². The molecular formula is C18H23FO5. The largest absolute Gasteiger partial charge is 0.466 e. The van der Waals surface area contributed by atoms with Crippen LogP contribution in [0, 0.1) is 0 Å². The molecule has 0 saturated carbocycles. The molecule has 132 valence electrons. The minimum Gasteiger partial charge on any atom is -0.466 e. The van der Waals surface area contributed by atoms with E-state index in [1.54, 1.807) is 58.0 Å². The highest BCUT2D eigenvalue weighted by molar-refractivity contribution is 6.10. The maximum atomic E-state index is 15.2. The second-order valence-electron chi connectivity index (χ2n) is 6.37. The molecule has 5 nitrogen and oxygen atoms in total. The van der Waals surface area contributed by atoms with Crippen molar-refractivity contribution in [2.75, 3.05) is 6.61 Å². The third-order valence-corrected chi connectivity index (χ3v) is 3.07. The number of alkyl halides is 1. The molecule has 0 fully saturated rings. The highest BCUT2D eigenvalue weighted by atomic mass is 19.1. The van der Waals surface area contributed by atoms with Gasteiger partial charge in [0.15, 0.2) is 5.78 Å². The van der Waals surface area contributed by atoms with Gasteiger partial charge < -0.3 is 9.47 Å². The summed E-state index contributed by atoms with van der Waals surface area (Å²) in [5.41, 5.74) is -3.53. The smallest absolute Gasteiger partial charge is 0.352 e. The van der Waals surface area contributed by atoms with Gasteiger partial charge in [-0.05, 0) is 33.3 Å². The number of benzene rings is 1. The first-order valence-corrected chi connectivity index (χ1v) is 7.73. The van der Waals surface area contributed by atoms with Crippen LogP contribution >= 0.6 is 0 Å². The van der Waals surface area contributed by atoms with E-state index in [0.717, 1.165) is 0 Å². The van der Waals surface area contributed by atoms with Crippen LogP contribution < -0.4 is 0 Å². The van der Waals surface area contributed by atoms with E-state index in [2.05, 4.69) is 4.74 Å². The average Bonchev–Trinajstić information content (AvgIpc) is 2.46. The third-order valence-electron chi connectivity index (χ3n) is 3.07. The molecule has 1 aromatic carbocycles. The Morgan fingerprint density at radius 3 is 2.17 bits per heavy atom. The molecule has 1 atom stereocenters. The summed E-state index contributed by atoms with van der Waals surface area (Å²) >= 11 is 0. The van der Waals surface area contributed by atoms with Crippen LogP contribution in [0.15, 0.2) is 30.3 Å². The molecule has 1 rings (SSSR count). The maximum absolute atomic E-state index is 15.2. The molecule has 0 N–H and O–H groups in total. The van der Waals surface area contributed by atoms with Crippen molar-refractivity contribution in [3.05, 3.63) is 35.9 Å². The average molecular weight is 338 g/mol. The zero-order valence-corrected chi connectivity index (χ0v) is 14.4. The summed E-state index contributed by atoms with van der Waals surface area (Å²) in [6, 6.07) is 8.42. The topological polar surface area (TPSA) is 69.7 Å². The van der Waals surface area contributed by atoms with Gasteiger partial charge in [-0.3, -0.25) is 9.59 Å². The Balaban J connectivity index is 3.04. The molecule has 0 aliphatic carbocycles. The van der Waals surface area contributed by atoms with Crippen LogP contribution in [0.5, 0.6) is 0 Å². The number of ether oxygens (including phenoxy) is 2. The molecule has 0 radical (unpaired) electrons. The molecule has 24 heavy (non-hydrogen) atoms. The third kappa shape index (κ3) is 5.76. The quantitative estimate of drug-likeness (QED) is 0.565. The van der Waals surface area contributed by atoms with Gasteiger partial charge in [-0.2, -0.15) is 0 Å². The zero-order valence-electron chi connectivity index (χ0n) is 14.4. The Morgan fingerprint density at radius 1 is 1.08 bits per heavy atom. The highest BCUT2D eigenvalue weighted by Gasteiger charge is 2.50. The lowest BCUT2D eigenvalue weighted by atomic mass is 9.91.